The zero-order chi connectivity index (χ0) is 16.2. The van der Waals surface area contributed by atoms with E-state index in [0.29, 0.717) is 31.2 Å². The third kappa shape index (κ3) is 3.76. The van der Waals surface area contributed by atoms with Crippen molar-refractivity contribution in [2.75, 3.05) is 13.1 Å². The first-order chi connectivity index (χ1) is 11.1. The molecule has 1 fully saturated rings. The highest BCUT2D eigenvalue weighted by atomic mass is 16.5. The summed E-state index contributed by atoms with van der Waals surface area (Å²) in [5.74, 6) is 1.72. The third-order valence-electron chi connectivity index (χ3n) is 4.36. The number of amides is 1. The largest absolute Gasteiger partial charge is 0.343 e. The van der Waals surface area contributed by atoms with Gasteiger partial charge in [-0.3, -0.25) is 4.79 Å². The number of aromatic nitrogens is 2. The van der Waals surface area contributed by atoms with Crippen molar-refractivity contribution in [3.63, 3.8) is 0 Å². The Balaban J connectivity index is 1.52. The van der Waals surface area contributed by atoms with Crippen LogP contribution < -0.4 is 5.73 Å². The summed E-state index contributed by atoms with van der Waals surface area (Å²) in [7, 11) is 0. The van der Waals surface area contributed by atoms with Crippen LogP contribution in [0.1, 0.15) is 48.5 Å². The van der Waals surface area contributed by atoms with Crippen LogP contribution in [0.15, 0.2) is 34.9 Å². The molecule has 0 radical (unpaired) electrons. The molecule has 0 saturated carbocycles. The summed E-state index contributed by atoms with van der Waals surface area (Å²) in [6.07, 6.45) is 2.05. The van der Waals surface area contributed by atoms with E-state index < -0.39 is 0 Å². The van der Waals surface area contributed by atoms with Crippen LogP contribution in [0.5, 0.6) is 0 Å². The number of benzene rings is 1. The van der Waals surface area contributed by atoms with Crippen molar-refractivity contribution in [3.8, 4) is 0 Å². The number of nitrogens with zero attached hydrogens (tertiary/aromatic N) is 3. The monoisotopic (exact) mass is 314 g/mol. The van der Waals surface area contributed by atoms with Gasteiger partial charge in [0.1, 0.15) is 0 Å². The molecular weight excluding hydrogens is 292 g/mol. The smallest absolute Gasteiger partial charge is 0.229 e. The van der Waals surface area contributed by atoms with Crippen molar-refractivity contribution in [2.24, 2.45) is 5.73 Å². The second-order valence-corrected chi connectivity index (χ2v) is 6.06. The van der Waals surface area contributed by atoms with E-state index in [2.05, 4.69) is 10.1 Å². The molecule has 1 aromatic carbocycles. The summed E-state index contributed by atoms with van der Waals surface area (Å²) >= 11 is 0. The number of nitrogens with two attached hydrogens (primary N) is 1. The molecule has 122 valence electrons. The Hall–Kier alpha value is -2.21. The van der Waals surface area contributed by atoms with Crippen molar-refractivity contribution < 1.29 is 9.32 Å². The van der Waals surface area contributed by atoms with E-state index in [-0.39, 0.29) is 17.9 Å². The van der Waals surface area contributed by atoms with Gasteiger partial charge in [0.2, 0.25) is 11.8 Å². The number of likely N-dealkylation sites (tertiary alicyclic amines) is 1. The van der Waals surface area contributed by atoms with E-state index in [1.807, 2.05) is 42.2 Å². The van der Waals surface area contributed by atoms with Gasteiger partial charge in [0.05, 0.1) is 0 Å². The maximum Gasteiger partial charge on any atom is 0.229 e. The van der Waals surface area contributed by atoms with E-state index in [1.54, 1.807) is 0 Å². The van der Waals surface area contributed by atoms with E-state index in [9.17, 15) is 4.79 Å². The van der Waals surface area contributed by atoms with E-state index in [0.717, 1.165) is 18.4 Å². The van der Waals surface area contributed by atoms with Crippen molar-refractivity contribution in [1.82, 2.24) is 15.0 Å². The fraction of sp³-hybridized carbons (Fsp3) is 0.471. The summed E-state index contributed by atoms with van der Waals surface area (Å²) in [5.41, 5.74) is 7.14. The van der Waals surface area contributed by atoms with E-state index in [4.69, 9.17) is 10.3 Å². The molecule has 2 aromatic rings. The number of carbonyl (C=O) groups is 1. The van der Waals surface area contributed by atoms with Crippen LogP contribution in [-0.2, 0) is 4.79 Å². The molecule has 1 amide bonds. The minimum Gasteiger partial charge on any atom is -0.343 e. The summed E-state index contributed by atoms with van der Waals surface area (Å²) < 4.78 is 5.24. The SMILES string of the molecule is Cc1noc(C2CCN(C(=O)CC(N)c3ccccc3)CC2)n1. The number of hydrogen-bond donors (Lipinski definition) is 1. The molecule has 3 rings (SSSR count). The van der Waals surface area contributed by atoms with Gasteiger partial charge in [0.25, 0.3) is 0 Å². The van der Waals surface area contributed by atoms with Crippen LogP contribution in [0.25, 0.3) is 0 Å². The fourth-order valence-electron chi connectivity index (χ4n) is 2.99. The molecule has 1 aliphatic rings. The van der Waals surface area contributed by atoms with Crippen molar-refractivity contribution in [1.29, 1.82) is 0 Å². The van der Waals surface area contributed by atoms with Crippen LogP contribution in [0, 0.1) is 6.92 Å². The minimum atomic E-state index is -0.250. The van der Waals surface area contributed by atoms with Gasteiger partial charge in [0, 0.05) is 31.5 Å². The minimum absolute atomic E-state index is 0.113. The van der Waals surface area contributed by atoms with Crippen LogP contribution in [0.2, 0.25) is 0 Å². The molecule has 23 heavy (non-hydrogen) atoms. The zero-order valence-corrected chi connectivity index (χ0v) is 13.3. The lowest BCUT2D eigenvalue weighted by atomic mass is 9.96. The Bertz CT molecular complexity index is 648. The molecule has 1 atom stereocenters. The van der Waals surface area contributed by atoms with Gasteiger partial charge in [-0.05, 0) is 25.3 Å². The number of aryl methyl sites for hydroxylation is 1. The molecular formula is C17H22N4O2. The fourth-order valence-corrected chi connectivity index (χ4v) is 2.99. The number of piperidine rings is 1. The van der Waals surface area contributed by atoms with Crippen molar-refractivity contribution in [3.05, 3.63) is 47.6 Å². The lowest BCUT2D eigenvalue weighted by Gasteiger charge is -2.31. The Labute approximate surface area is 135 Å². The van der Waals surface area contributed by atoms with Crippen LogP contribution in [0.4, 0.5) is 0 Å². The molecule has 0 spiro atoms. The Morgan fingerprint density at radius 2 is 2.04 bits per heavy atom. The molecule has 1 aromatic heterocycles. The molecule has 0 aliphatic carbocycles. The normalized spacial score (nSPS) is 17.2. The lowest BCUT2D eigenvalue weighted by Crippen LogP contribution is -2.39. The topological polar surface area (TPSA) is 85.2 Å². The summed E-state index contributed by atoms with van der Waals surface area (Å²) in [6, 6.07) is 9.50. The summed E-state index contributed by atoms with van der Waals surface area (Å²) in [6.45, 7) is 3.25. The first-order valence-corrected chi connectivity index (χ1v) is 8.02. The predicted octanol–water partition coefficient (Wildman–Crippen LogP) is 2.17. The lowest BCUT2D eigenvalue weighted by molar-refractivity contribution is -0.132. The van der Waals surface area contributed by atoms with Gasteiger partial charge < -0.3 is 15.2 Å². The zero-order valence-electron chi connectivity index (χ0n) is 13.3. The second kappa shape index (κ2) is 6.91. The average Bonchev–Trinajstić information content (AvgIpc) is 3.02. The maximum absolute atomic E-state index is 12.4. The summed E-state index contributed by atoms with van der Waals surface area (Å²) in [4.78, 5) is 18.6. The van der Waals surface area contributed by atoms with Crippen molar-refractivity contribution in [2.45, 2.75) is 38.1 Å². The number of rotatable bonds is 4. The van der Waals surface area contributed by atoms with Gasteiger partial charge in [0.15, 0.2) is 5.82 Å². The van der Waals surface area contributed by atoms with Crippen LogP contribution in [-0.4, -0.2) is 34.0 Å². The number of carbonyl (C=O) groups excluding carboxylic acids is 1. The Morgan fingerprint density at radius 1 is 1.35 bits per heavy atom. The molecule has 2 heterocycles. The van der Waals surface area contributed by atoms with Gasteiger partial charge in [-0.15, -0.1) is 0 Å². The Kier molecular flexibility index (Phi) is 4.71. The molecule has 6 heteroatoms. The number of hydrogen-bond acceptors (Lipinski definition) is 5. The quantitative estimate of drug-likeness (QED) is 0.935. The van der Waals surface area contributed by atoms with E-state index in [1.165, 1.54) is 0 Å². The maximum atomic E-state index is 12.4. The highest BCUT2D eigenvalue weighted by molar-refractivity contribution is 5.77. The third-order valence-corrected chi connectivity index (χ3v) is 4.36. The second-order valence-electron chi connectivity index (χ2n) is 6.06. The molecule has 2 N–H and O–H groups in total. The Morgan fingerprint density at radius 3 is 2.65 bits per heavy atom. The molecule has 1 saturated heterocycles. The van der Waals surface area contributed by atoms with Crippen molar-refractivity contribution >= 4 is 5.91 Å². The van der Waals surface area contributed by atoms with Gasteiger partial charge in [-0.2, -0.15) is 4.98 Å². The molecule has 6 nitrogen and oxygen atoms in total. The summed E-state index contributed by atoms with van der Waals surface area (Å²) in [5, 5.41) is 3.84. The van der Waals surface area contributed by atoms with E-state index >= 15 is 0 Å². The molecule has 0 bridgehead atoms. The van der Waals surface area contributed by atoms with Gasteiger partial charge >= 0.3 is 0 Å². The standard InChI is InChI=1S/C17H22N4O2/c1-12-19-17(23-20-12)14-7-9-21(10-8-14)16(22)11-15(18)13-5-3-2-4-6-13/h2-6,14-15H,7-11,18H2,1H3. The molecule has 1 aliphatic heterocycles. The predicted molar refractivity (Wildman–Crippen MR) is 85.6 cm³/mol. The van der Waals surface area contributed by atoms with Crippen LogP contribution in [0.3, 0.4) is 0 Å². The average molecular weight is 314 g/mol. The van der Waals surface area contributed by atoms with Gasteiger partial charge in [-0.25, -0.2) is 0 Å². The highest BCUT2D eigenvalue weighted by Gasteiger charge is 2.27. The first kappa shape index (κ1) is 15.7. The highest BCUT2D eigenvalue weighted by Crippen LogP contribution is 2.27. The molecule has 1 unspecified atom stereocenters. The first-order valence-electron chi connectivity index (χ1n) is 8.02. The van der Waals surface area contributed by atoms with Gasteiger partial charge in [-0.1, -0.05) is 35.5 Å². The van der Waals surface area contributed by atoms with Crippen LogP contribution >= 0.6 is 0 Å².